The van der Waals surface area contributed by atoms with Crippen molar-refractivity contribution in [1.29, 1.82) is 0 Å². The lowest BCUT2D eigenvalue weighted by Crippen LogP contribution is -1.92. The molecule has 3 nitrogen and oxygen atoms in total. The summed E-state index contributed by atoms with van der Waals surface area (Å²) < 4.78 is 2.37. The summed E-state index contributed by atoms with van der Waals surface area (Å²) in [5.74, 6) is 0. The highest BCUT2D eigenvalue weighted by Crippen LogP contribution is 2.40. The summed E-state index contributed by atoms with van der Waals surface area (Å²) in [4.78, 5) is 9.85. The van der Waals surface area contributed by atoms with Gasteiger partial charge in [0, 0.05) is 44.4 Å². The molecule has 0 bridgehead atoms. The van der Waals surface area contributed by atoms with Crippen LogP contribution in [0.1, 0.15) is 0 Å². The molecule has 3 heteroatoms. The Balaban J connectivity index is 1.05. The van der Waals surface area contributed by atoms with E-state index in [0.717, 1.165) is 32.7 Å². The molecule has 11 aromatic rings. The first-order chi connectivity index (χ1) is 25.3. The molecule has 0 spiro atoms. The highest BCUT2D eigenvalue weighted by atomic mass is 15.0. The van der Waals surface area contributed by atoms with Crippen molar-refractivity contribution in [2.45, 2.75) is 0 Å². The molecule has 0 aliphatic rings. The first kappa shape index (κ1) is 28.0. The smallest absolute Gasteiger partial charge is 0.0978 e. The fourth-order valence-corrected chi connectivity index (χ4v) is 8.14. The van der Waals surface area contributed by atoms with Crippen LogP contribution in [0.25, 0.3) is 104 Å². The van der Waals surface area contributed by atoms with Gasteiger partial charge in [0.25, 0.3) is 0 Å². The molecule has 0 saturated heterocycles. The lowest BCUT2D eigenvalue weighted by Gasteiger charge is -2.14. The van der Waals surface area contributed by atoms with Gasteiger partial charge in [-0.3, -0.25) is 4.98 Å². The third-order valence-corrected chi connectivity index (χ3v) is 10.5. The number of hydrogen-bond donors (Lipinski definition) is 0. The van der Waals surface area contributed by atoms with Crippen LogP contribution in [0.4, 0.5) is 0 Å². The Labute approximate surface area is 293 Å². The second kappa shape index (κ2) is 10.8. The molecule has 3 aromatic heterocycles. The normalized spacial score (nSPS) is 11.9. The van der Waals surface area contributed by atoms with Gasteiger partial charge in [-0.05, 0) is 105 Å². The maximum atomic E-state index is 5.11. The Bertz CT molecular complexity index is 3190. The van der Waals surface area contributed by atoms with Crippen molar-refractivity contribution in [1.82, 2.24) is 14.5 Å². The topological polar surface area (TPSA) is 30.7 Å². The van der Waals surface area contributed by atoms with E-state index in [-0.39, 0.29) is 0 Å². The molecule has 0 aliphatic heterocycles. The number of pyridine rings is 2. The van der Waals surface area contributed by atoms with Crippen molar-refractivity contribution in [3.8, 4) is 27.9 Å². The van der Waals surface area contributed by atoms with Gasteiger partial charge in [-0.1, -0.05) is 103 Å². The molecule has 0 atom stereocenters. The summed E-state index contributed by atoms with van der Waals surface area (Å²) in [7, 11) is 0. The number of nitrogens with zero attached hydrogens (tertiary/aromatic N) is 3. The first-order valence-electron chi connectivity index (χ1n) is 17.4. The Morgan fingerprint density at radius 3 is 1.90 bits per heavy atom. The van der Waals surface area contributed by atoms with E-state index in [4.69, 9.17) is 9.97 Å². The van der Waals surface area contributed by atoms with Gasteiger partial charge < -0.3 is 4.57 Å². The van der Waals surface area contributed by atoms with Crippen molar-refractivity contribution >= 4 is 76.1 Å². The predicted octanol–water partition coefficient (Wildman–Crippen LogP) is 12.7. The van der Waals surface area contributed by atoms with Crippen LogP contribution in [0, 0.1) is 0 Å². The lowest BCUT2D eigenvalue weighted by molar-refractivity contribution is 1.18. The van der Waals surface area contributed by atoms with E-state index in [9.17, 15) is 0 Å². The number of hydrogen-bond acceptors (Lipinski definition) is 2. The number of aromatic nitrogens is 3. The first-order valence-corrected chi connectivity index (χ1v) is 17.4. The fraction of sp³-hybridized carbons (Fsp3) is 0. The Hall–Kier alpha value is -6.84. The van der Waals surface area contributed by atoms with E-state index < -0.39 is 0 Å². The van der Waals surface area contributed by atoms with E-state index in [0.29, 0.717) is 0 Å². The predicted molar refractivity (Wildman–Crippen MR) is 215 cm³/mol. The van der Waals surface area contributed by atoms with Crippen LogP contribution in [0.2, 0.25) is 0 Å². The minimum Gasteiger partial charge on any atom is -0.309 e. The largest absolute Gasteiger partial charge is 0.309 e. The van der Waals surface area contributed by atoms with Gasteiger partial charge in [0.05, 0.1) is 27.6 Å². The summed E-state index contributed by atoms with van der Waals surface area (Å²) in [5, 5.41) is 10.8. The number of fused-ring (bicyclic) bond motifs is 9. The number of para-hydroxylation sites is 3. The minimum atomic E-state index is 0.936. The van der Waals surface area contributed by atoms with Gasteiger partial charge in [-0.25, -0.2) is 4.98 Å². The zero-order valence-electron chi connectivity index (χ0n) is 27.6. The number of benzene rings is 8. The Kier molecular flexibility index (Phi) is 5.96. The molecule has 0 N–H and O–H groups in total. The zero-order chi connectivity index (χ0) is 33.5. The van der Waals surface area contributed by atoms with Crippen LogP contribution >= 0.6 is 0 Å². The highest BCUT2D eigenvalue weighted by Gasteiger charge is 2.16. The van der Waals surface area contributed by atoms with E-state index >= 15 is 0 Å². The van der Waals surface area contributed by atoms with Crippen molar-refractivity contribution in [2.75, 3.05) is 0 Å². The van der Waals surface area contributed by atoms with E-state index in [1.165, 1.54) is 71.3 Å². The molecule has 3 heterocycles. The van der Waals surface area contributed by atoms with Crippen molar-refractivity contribution in [3.63, 3.8) is 0 Å². The SMILES string of the molecule is c1ccc(-n2c3ccccc3c3cc(-c4ccc5cc6cc(-c7c8ccccc8nc8c7ccc7cccnc78)ccc6cc5c4)ccc32)cc1. The van der Waals surface area contributed by atoms with E-state index in [2.05, 4.69) is 168 Å². The molecule has 51 heavy (non-hydrogen) atoms. The summed E-state index contributed by atoms with van der Waals surface area (Å²) >= 11 is 0. The molecule has 11 rings (SSSR count). The van der Waals surface area contributed by atoms with Crippen molar-refractivity contribution in [3.05, 3.63) is 176 Å². The monoisotopic (exact) mass is 647 g/mol. The van der Waals surface area contributed by atoms with Crippen LogP contribution in [0.5, 0.6) is 0 Å². The molecule has 0 aliphatic carbocycles. The minimum absolute atomic E-state index is 0.936. The molecule has 8 aromatic carbocycles. The van der Waals surface area contributed by atoms with Crippen molar-refractivity contribution in [2.24, 2.45) is 0 Å². The molecule has 0 amide bonds. The maximum Gasteiger partial charge on any atom is 0.0978 e. The van der Waals surface area contributed by atoms with Gasteiger partial charge in [-0.2, -0.15) is 0 Å². The summed E-state index contributed by atoms with van der Waals surface area (Å²) in [6.07, 6.45) is 1.85. The van der Waals surface area contributed by atoms with Crippen LogP contribution in [-0.2, 0) is 0 Å². The van der Waals surface area contributed by atoms with Crippen LogP contribution in [0.15, 0.2) is 176 Å². The summed E-state index contributed by atoms with van der Waals surface area (Å²) in [6.45, 7) is 0. The van der Waals surface area contributed by atoms with Gasteiger partial charge in [0.1, 0.15) is 0 Å². The second-order valence-corrected chi connectivity index (χ2v) is 13.4. The second-order valence-electron chi connectivity index (χ2n) is 13.4. The third-order valence-electron chi connectivity index (χ3n) is 10.5. The van der Waals surface area contributed by atoms with Gasteiger partial charge >= 0.3 is 0 Å². The molecule has 236 valence electrons. The maximum absolute atomic E-state index is 5.11. The highest BCUT2D eigenvalue weighted by molar-refractivity contribution is 6.17. The van der Waals surface area contributed by atoms with Crippen LogP contribution in [0.3, 0.4) is 0 Å². The van der Waals surface area contributed by atoms with Gasteiger partial charge in [-0.15, -0.1) is 0 Å². The zero-order valence-corrected chi connectivity index (χ0v) is 27.6. The quantitative estimate of drug-likeness (QED) is 0.141. The Morgan fingerprint density at radius 2 is 1.04 bits per heavy atom. The summed E-state index contributed by atoms with van der Waals surface area (Å²) in [5.41, 5.74) is 11.3. The lowest BCUT2D eigenvalue weighted by atomic mass is 9.92. The average Bonchev–Trinajstić information content (AvgIpc) is 3.53. The molecule has 0 fully saturated rings. The third kappa shape index (κ3) is 4.32. The van der Waals surface area contributed by atoms with Crippen LogP contribution in [-0.4, -0.2) is 14.5 Å². The summed E-state index contributed by atoms with van der Waals surface area (Å²) in [6, 6.07) is 61.5. The van der Waals surface area contributed by atoms with Crippen molar-refractivity contribution < 1.29 is 0 Å². The molecule has 0 radical (unpaired) electrons. The molecular formula is C48H29N3. The molecule has 0 unspecified atom stereocenters. The average molecular weight is 648 g/mol. The van der Waals surface area contributed by atoms with Gasteiger partial charge in [0.2, 0.25) is 0 Å². The van der Waals surface area contributed by atoms with E-state index in [1.807, 2.05) is 12.3 Å². The fourth-order valence-electron chi connectivity index (χ4n) is 8.14. The standard InChI is InChI=1S/C48H29N3/c1-2-10-38(11-3-1)51-44-15-7-5-12-39(44)42-29-34(21-23-45(42)51)31-16-17-32-27-37-28-35(19-18-33(37)26-36(32)25-31)46-40-13-4-6-14-43(40)50-48-41(46)22-20-30-9-8-24-49-47(30)48/h1-29H. The molecular weight excluding hydrogens is 619 g/mol. The van der Waals surface area contributed by atoms with Gasteiger partial charge in [0.15, 0.2) is 0 Å². The number of rotatable bonds is 3. The van der Waals surface area contributed by atoms with E-state index in [1.54, 1.807) is 0 Å². The Morgan fingerprint density at radius 1 is 0.373 bits per heavy atom. The van der Waals surface area contributed by atoms with Crippen LogP contribution < -0.4 is 0 Å². The molecule has 0 saturated carbocycles.